The van der Waals surface area contributed by atoms with E-state index in [1.54, 1.807) is 11.0 Å². The predicted molar refractivity (Wildman–Crippen MR) is 104 cm³/mol. The number of esters is 1. The number of rotatable bonds is 9. The lowest BCUT2D eigenvalue weighted by atomic mass is 9.90. The lowest BCUT2D eigenvalue weighted by Crippen LogP contribution is -2.45. The van der Waals surface area contributed by atoms with Crippen LogP contribution in [-0.2, 0) is 20.7 Å². The molecule has 0 saturated carbocycles. The maximum atomic E-state index is 12.6. The van der Waals surface area contributed by atoms with E-state index in [1.165, 1.54) is 12.7 Å². The second kappa shape index (κ2) is 9.95. The zero-order valence-electron chi connectivity index (χ0n) is 15.6. The fourth-order valence-corrected chi connectivity index (χ4v) is 3.95. The van der Waals surface area contributed by atoms with E-state index in [0.717, 1.165) is 19.3 Å². The van der Waals surface area contributed by atoms with Crippen molar-refractivity contribution < 1.29 is 14.3 Å². The summed E-state index contributed by atoms with van der Waals surface area (Å²) in [5.74, 6) is -0.121. The van der Waals surface area contributed by atoms with E-state index in [1.807, 2.05) is 24.3 Å². The van der Waals surface area contributed by atoms with Gasteiger partial charge in [0.05, 0.1) is 7.11 Å². The van der Waals surface area contributed by atoms with Crippen LogP contribution in [0.1, 0.15) is 37.7 Å². The average Bonchev–Trinajstić information content (AvgIpc) is 3.01. The summed E-state index contributed by atoms with van der Waals surface area (Å²) in [6, 6.07) is 9.88. The quantitative estimate of drug-likeness (QED) is 0.498. The standard InChI is InChI=1S/C22H29NO3/c1-4-10-19-18(15-9-14-17-12-7-6-8-13-17)16-20(22(25)26-3)23(19)21(24)11-5-2/h4-8,12-13,18-20H,1-2,9-11,14-16H2,3H3/t18-,19+,20+/m1/s1. The molecule has 0 bridgehead atoms. The molecule has 1 heterocycles. The van der Waals surface area contributed by atoms with Crippen molar-refractivity contribution in [2.75, 3.05) is 7.11 Å². The zero-order chi connectivity index (χ0) is 18.9. The van der Waals surface area contributed by atoms with Gasteiger partial charge in [-0.05, 0) is 43.6 Å². The van der Waals surface area contributed by atoms with Crippen LogP contribution in [0, 0.1) is 5.92 Å². The van der Waals surface area contributed by atoms with Gasteiger partial charge in [-0.2, -0.15) is 0 Å². The van der Waals surface area contributed by atoms with E-state index < -0.39 is 6.04 Å². The van der Waals surface area contributed by atoms with Crippen LogP contribution in [0.15, 0.2) is 55.6 Å². The second-order valence-corrected chi connectivity index (χ2v) is 6.80. The molecule has 0 aromatic heterocycles. The summed E-state index contributed by atoms with van der Waals surface area (Å²) in [5.41, 5.74) is 1.31. The van der Waals surface area contributed by atoms with E-state index in [0.29, 0.717) is 12.8 Å². The third-order valence-corrected chi connectivity index (χ3v) is 5.13. The molecule has 3 atom stereocenters. The predicted octanol–water partition coefficient (Wildman–Crippen LogP) is 3.92. The van der Waals surface area contributed by atoms with Crippen molar-refractivity contribution in [1.82, 2.24) is 4.90 Å². The maximum absolute atomic E-state index is 12.6. The molecule has 1 aliphatic rings. The Labute approximate surface area is 156 Å². The molecule has 140 valence electrons. The Hall–Kier alpha value is -2.36. The van der Waals surface area contributed by atoms with Gasteiger partial charge in [0.2, 0.25) is 5.91 Å². The van der Waals surface area contributed by atoms with Crippen LogP contribution in [0.5, 0.6) is 0 Å². The summed E-state index contributed by atoms with van der Waals surface area (Å²) >= 11 is 0. The number of methoxy groups -OCH3 is 1. The number of amides is 1. The highest BCUT2D eigenvalue weighted by molar-refractivity contribution is 5.86. The van der Waals surface area contributed by atoms with Crippen LogP contribution in [0.4, 0.5) is 0 Å². The second-order valence-electron chi connectivity index (χ2n) is 6.80. The summed E-state index contributed by atoms with van der Waals surface area (Å²) in [4.78, 5) is 26.6. The Morgan fingerprint density at radius 2 is 1.96 bits per heavy atom. The number of likely N-dealkylation sites (tertiary alicyclic amines) is 1. The molecular weight excluding hydrogens is 326 g/mol. The lowest BCUT2D eigenvalue weighted by molar-refractivity contribution is -0.152. The van der Waals surface area contributed by atoms with E-state index in [2.05, 4.69) is 25.3 Å². The molecule has 1 fully saturated rings. The Balaban J connectivity index is 2.10. The molecule has 1 aromatic rings. The maximum Gasteiger partial charge on any atom is 0.328 e. The molecule has 0 unspecified atom stereocenters. The molecule has 1 saturated heterocycles. The Kier molecular flexibility index (Phi) is 7.64. The average molecular weight is 355 g/mol. The summed E-state index contributed by atoms with van der Waals surface area (Å²) in [6.45, 7) is 7.49. The van der Waals surface area contributed by atoms with E-state index in [-0.39, 0.29) is 30.3 Å². The number of aryl methyl sites for hydroxylation is 1. The van der Waals surface area contributed by atoms with Gasteiger partial charge in [-0.1, -0.05) is 42.5 Å². The number of carbonyl (C=O) groups is 2. The van der Waals surface area contributed by atoms with Crippen LogP contribution in [0.2, 0.25) is 0 Å². The van der Waals surface area contributed by atoms with E-state index in [4.69, 9.17) is 4.74 Å². The molecule has 1 aromatic carbocycles. The SMILES string of the molecule is C=CCC(=O)N1[C@H](C(=O)OC)C[C@@H](CCCc2ccccc2)[C@@H]1CC=C. The van der Waals surface area contributed by atoms with Gasteiger partial charge in [0.15, 0.2) is 0 Å². The third kappa shape index (κ3) is 4.84. The third-order valence-electron chi connectivity index (χ3n) is 5.13. The van der Waals surface area contributed by atoms with Gasteiger partial charge in [0, 0.05) is 12.5 Å². The fourth-order valence-electron chi connectivity index (χ4n) is 3.95. The van der Waals surface area contributed by atoms with Gasteiger partial charge in [0.1, 0.15) is 6.04 Å². The zero-order valence-corrected chi connectivity index (χ0v) is 15.6. The van der Waals surface area contributed by atoms with Crippen molar-refractivity contribution in [1.29, 1.82) is 0 Å². The highest BCUT2D eigenvalue weighted by atomic mass is 16.5. The minimum Gasteiger partial charge on any atom is -0.467 e. The number of carbonyl (C=O) groups excluding carboxylic acids is 2. The monoisotopic (exact) mass is 355 g/mol. The van der Waals surface area contributed by atoms with Gasteiger partial charge in [-0.25, -0.2) is 4.79 Å². The van der Waals surface area contributed by atoms with Crippen LogP contribution in [0.3, 0.4) is 0 Å². The molecule has 2 rings (SSSR count). The summed E-state index contributed by atoms with van der Waals surface area (Å²) in [7, 11) is 1.38. The van der Waals surface area contributed by atoms with E-state index in [9.17, 15) is 9.59 Å². The van der Waals surface area contributed by atoms with Gasteiger partial charge in [0.25, 0.3) is 0 Å². The first kappa shape index (κ1) is 20.0. The van der Waals surface area contributed by atoms with Crippen LogP contribution in [0.25, 0.3) is 0 Å². The normalized spacial score (nSPS) is 22.0. The summed E-state index contributed by atoms with van der Waals surface area (Å²) in [5, 5.41) is 0. The van der Waals surface area contributed by atoms with Crippen molar-refractivity contribution in [2.24, 2.45) is 5.92 Å². The largest absolute Gasteiger partial charge is 0.467 e. The van der Waals surface area contributed by atoms with Gasteiger partial charge in [-0.3, -0.25) is 4.79 Å². The van der Waals surface area contributed by atoms with Crippen molar-refractivity contribution in [3.05, 3.63) is 61.2 Å². The molecule has 4 nitrogen and oxygen atoms in total. The molecule has 1 aliphatic heterocycles. The van der Waals surface area contributed by atoms with Gasteiger partial charge < -0.3 is 9.64 Å². The van der Waals surface area contributed by atoms with Gasteiger partial charge in [-0.15, -0.1) is 13.2 Å². The van der Waals surface area contributed by atoms with Crippen molar-refractivity contribution in [3.63, 3.8) is 0 Å². The number of benzene rings is 1. The first-order chi connectivity index (χ1) is 12.6. The summed E-state index contributed by atoms with van der Waals surface area (Å²) in [6.07, 6.45) is 8.00. The molecule has 0 radical (unpaired) electrons. The van der Waals surface area contributed by atoms with E-state index >= 15 is 0 Å². The summed E-state index contributed by atoms with van der Waals surface area (Å²) < 4.78 is 4.96. The topological polar surface area (TPSA) is 46.6 Å². The van der Waals surface area contributed by atoms with Crippen LogP contribution >= 0.6 is 0 Å². The smallest absolute Gasteiger partial charge is 0.328 e. The molecule has 0 spiro atoms. The Bertz CT molecular complexity index is 626. The first-order valence-corrected chi connectivity index (χ1v) is 9.27. The van der Waals surface area contributed by atoms with Crippen molar-refractivity contribution >= 4 is 11.9 Å². The van der Waals surface area contributed by atoms with Crippen LogP contribution < -0.4 is 0 Å². The van der Waals surface area contributed by atoms with Crippen molar-refractivity contribution in [3.8, 4) is 0 Å². The Morgan fingerprint density at radius 3 is 2.58 bits per heavy atom. The molecule has 0 N–H and O–H groups in total. The Morgan fingerprint density at radius 1 is 1.23 bits per heavy atom. The van der Waals surface area contributed by atoms with Crippen molar-refractivity contribution in [2.45, 2.75) is 50.6 Å². The molecule has 26 heavy (non-hydrogen) atoms. The number of nitrogens with zero attached hydrogens (tertiary/aromatic N) is 1. The molecule has 1 amide bonds. The highest BCUT2D eigenvalue weighted by Crippen LogP contribution is 2.36. The number of hydrogen-bond donors (Lipinski definition) is 0. The first-order valence-electron chi connectivity index (χ1n) is 9.27. The van der Waals surface area contributed by atoms with Gasteiger partial charge >= 0.3 is 5.97 Å². The van der Waals surface area contributed by atoms with Crippen LogP contribution in [-0.4, -0.2) is 36.0 Å². The number of hydrogen-bond acceptors (Lipinski definition) is 3. The number of ether oxygens (including phenoxy) is 1. The lowest BCUT2D eigenvalue weighted by Gasteiger charge is -2.30. The molecular formula is C22H29NO3. The highest BCUT2D eigenvalue weighted by Gasteiger charge is 2.45. The fraction of sp³-hybridized carbons (Fsp3) is 0.455. The minimum atomic E-state index is -0.501. The molecule has 4 heteroatoms. The molecule has 0 aliphatic carbocycles. The minimum absolute atomic E-state index is 0.000164.